The molecule has 1 amide bonds. The standard InChI is InChI=1S/C21H26N2O3/c22-12-5-15-25-18-10-13-23(14-11-18)21(24)17-6-4-9-20(16-17)26-19-7-2-1-3-8-19/h1-4,6-9,16,18H,5,10-15,22H2. The summed E-state index contributed by atoms with van der Waals surface area (Å²) in [5.74, 6) is 1.47. The first-order chi connectivity index (χ1) is 12.8. The Kier molecular flexibility index (Phi) is 6.63. The lowest BCUT2D eigenvalue weighted by atomic mass is 10.1. The zero-order valence-corrected chi connectivity index (χ0v) is 15.0. The summed E-state index contributed by atoms with van der Waals surface area (Å²) in [5.41, 5.74) is 6.14. The fourth-order valence-electron chi connectivity index (χ4n) is 3.06. The summed E-state index contributed by atoms with van der Waals surface area (Å²) in [6.07, 6.45) is 2.86. The Balaban J connectivity index is 1.56. The van der Waals surface area contributed by atoms with Gasteiger partial charge in [0.2, 0.25) is 0 Å². The second kappa shape index (κ2) is 9.36. The maximum absolute atomic E-state index is 12.8. The minimum atomic E-state index is 0.0453. The molecule has 2 N–H and O–H groups in total. The van der Waals surface area contributed by atoms with Crippen molar-refractivity contribution in [2.75, 3.05) is 26.2 Å². The Morgan fingerprint density at radius 2 is 1.77 bits per heavy atom. The molecule has 1 heterocycles. The van der Waals surface area contributed by atoms with E-state index in [9.17, 15) is 4.79 Å². The highest BCUT2D eigenvalue weighted by Gasteiger charge is 2.24. The maximum Gasteiger partial charge on any atom is 0.253 e. The molecule has 0 atom stereocenters. The van der Waals surface area contributed by atoms with Crippen LogP contribution in [0.15, 0.2) is 54.6 Å². The average Bonchev–Trinajstić information content (AvgIpc) is 2.69. The SMILES string of the molecule is NCCCOC1CCN(C(=O)c2cccc(Oc3ccccc3)c2)CC1. The highest BCUT2D eigenvalue weighted by molar-refractivity contribution is 5.94. The van der Waals surface area contributed by atoms with Gasteiger partial charge in [-0.25, -0.2) is 0 Å². The first-order valence-electron chi connectivity index (χ1n) is 9.20. The summed E-state index contributed by atoms with van der Waals surface area (Å²) in [6.45, 7) is 2.79. The molecule has 1 fully saturated rings. The largest absolute Gasteiger partial charge is 0.457 e. The van der Waals surface area contributed by atoms with Gasteiger partial charge in [0.05, 0.1) is 6.10 Å². The van der Waals surface area contributed by atoms with Gasteiger partial charge in [-0.2, -0.15) is 0 Å². The second-order valence-corrected chi connectivity index (χ2v) is 6.45. The van der Waals surface area contributed by atoms with Gasteiger partial charge in [0.25, 0.3) is 5.91 Å². The summed E-state index contributed by atoms with van der Waals surface area (Å²) in [6, 6.07) is 16.9. The molecule has 2 aromatic rings. The molecule has 5 heteroatoms. The molecule has 1 aliphatic rings. The summed E-state index contributed by atoms with van der Waals surface area (Å²) in [7, 11) is 0. The number of para-hydroxylation sites is 1. The number of carbonyl (C=O) groups is 1. The van der Waals surface area contributed by atoms with E-state index in [1.54, 1.807) is 6.07 Å². The Labute approximate surface area is 154 Å². The van der Waals surface area contributed by atoms with Crippen LogP contribution in [0.25, 0.3) is 0 Å². The number of nitrogens with zero attached hydrogens (tertiary/aromatic N) is 1. The number of hydrogen-bond donors (Lipinski definition) is 1. The van der Waals surface area contributed by atoms with Gasteiger partial charge in [-0.15, -0.1) is 0 Å². The highest BCUT2D eigenvalue weighted by Crippen LogP contribution is 2.23. The van der Waals surface area contributed by atoms with Gasteiger partial charge < -0.3 is 20.1 Å². The Morgan fingerprint density at radius 3 is 2.50 bits per heavy atom. The van der Waals surface area contributed by atoms with E-state index < -0.39 is 0 Å². The van der Waals surface area contributed by atoms with Crippen molar-refractivity contribution in [3.63, 3.8) is 0 Å². The molecular weight excluding hydrogens is 328 g/mol. The number of benzene rings is 2. The van der Waals surface area contributed by atoms with Crippen molar-refractivity contribution in [3.8, 4) is 11.5 Å². The van der Waals surface area contributed by atoms with Crippen molar-refractivity contribution in [1.29, 1.82) is 0 Å². The maximum atomic E-state index is 12.8. The zero-order valence-electron chi connectivity index (χ0n) is 15.0. The molecule has 0 aromatic heterocycles. The van der Waals surface area contributed by atoms with E-state index in [1.807, 2.05) is 53.4 Å². The first-order valence-corrected chi connectivity index (χ1v) is 9.20. The molecule has 1 saturated heterocycles. The van der Waals surface area contributed by atoms with Gasteiger partial charge in [0.15, 0.2) is 0 Å². The average molecular weight is 354 g/mol. The highest BCUT2D eigenvalue weighted by atomic mass is 16.5. The van der Waals surface area contributed by atoms with Crippen molar-refractivity contribution in [2.45, 2.75) is 25.4 Å². The van der Waals surface area contributed by atoms with Gasteiger partial charge in [-0.3, -0.25) is 4.79 Å². The minimum Gasteiger partial charge on any atom is -0.457 e. The van der Waals surface area contributed by atoms with E-state index in [4.69, 9.17) is 15.2 Å². The molecule has 0 radical (unpaired) electrons. The van der Waals surface area contributed by atoms with Crippen LogP contribution in [-0.2, 0) is 4.74 Å². The number of likely N-dealkylation sites (tertiary alicyclic amines) is 1. The molecule has 2 aromatic carbocycles. The molecule has 1 aliphatic heterocycles. The third-order valence-electron chi connectivity index (χ3n) is 4.49. The summed E-state index contributed by atoms with van der Waals surface area (Å²) in [5, 5.41) is 0. The first kappa shape index (κ1) is 18.4. The Hall–Kier alpha value is -2.37. The van der Waals surface area contributed by atoms with Crippen LogP contribution < -0.4 is 10.5 Å². The molecule has 0 saturated carbocycles. The van der Waals surface area contributed by atoms with E-state index >= 15 is 0 Å². The summed E-state index contributed by atoms with van der Waals surface area (Å²) >= 11 is 0. The van der Waals surface area contributed by atoms with Crippen LogP contribution in [0.4, 0.5) is 0 Å². The van der Waals surface area contributed by atoms with Crippen LogP contribution >= 0.6 is 0 Å². The van der Waals surface area contributed by atoms with Crippen LogP contribution in [-0.4, -0.2) is 43.2 Å². The van der Waals surface area contributed by atoms with Crippen molar-refractivity contribution >= 4 is 5.91 Å². The third kappa shape index (κ3) is 5.07. The van der Waals surface area contributed by atoms with E-state index in [-0.39, 0.29) is 12.0 Å². The Bertz CT molecular complexity index is 697. The van der Waals surface area contributed by atoms with Crippen LogP contribution in [0, 0.1) is 0 Å². The second-order valence-electron chi connectivity index (χ2n) is 6.45. The van der Waals surface area contributed by atoms with Crippen molar-refractivity contribution < 1.29 is 14.3 Å². The number of piperidine rings is 1. The quantitative estimate of drug-likeness (QED) is 0.774. The van der Waals surface area contributed by atoms with E-state index in [1.165, 1.54) is 0 Å². The fraction of sp³-hybridized carbons (Fsp3) is 0.381. The van der Waals surface area contributed by atoms with Crippen molar-refractivity contribution in [1.82, 2.24) is 4.90 Å². The van der Waals surface area contributed by atoms with Gasteiger partial charge in [0.1, 0.15) is 11.5 Å². The number of amides is 1. The lowest BCUT2D eigenvalue weighted by Gasteiger charge is -2.32. The predicted molar refractivity (Wildman–Crippen MR) is 102 cm³/mol. The normalized spacial score (nSPS) is 15.0. The molecule has 0 bridgehead atoms. The van der Waals surface area contributed by atoms with E-state index in [2.05, 4.69) is 0 Å². The number of ether oxygens (including phenoxy) is 2. The number of rotatable bonds is 7. The fourth-order valence-corrected chi connectivity index (χ4v) is 3.06. The molecule has 0 spiro atoms. The molecular formula is C21H26N2O3. The van der Waals surface area contributed by atoms with Crippen LogP contribution in [0.1, 0.15) is 29.6 Å². The molecule has 5 nitrogen and oxygen atoms in total. The van der Waals surface area contributed by atoms with E-state index in [0.717, 1.165) is 38.1 Å². The topological polar surface area (TPSA) is 64.8 Å². The lowest BCUT2D eigenvalue weighted by Crippen LogP contribution is -2.41. The lowest BCUT2D eigenvalue weighted by molar-refractivity contribution is 0.00844. The zero-order chi connectivity index (χ0) is 18.2. The molecule has 138 valence electrons. The number of carbonyl (C=O) groups excluding carboxylic acids is 1. The number of hydrogen-bond acceptors (Lipinski definition) is 4. The number of nitrogens with two attached hydrogens (primary N) is 1. The predicted octanol–water partition coefficient (Wildman–Crippen LogP) is 3.45. The molecule has 0 aliphatic carbocycles. The van der Waals surface area contributed by atoms with Crippen molar-refractivity contribution in [3.05, 3.63) is 60.2 Å². The van der Waals surface area contributed by atoms with Gasteiger partial charge in [-0.05, 0) is 56.1 Å². The van der Waals surface area contributed by atoms with Gasteiger partial charge in [0, 0.05) is 25.3 Å². The van der Waals surface area contributed by atoms with Crippen LogP contribution in [0.3, 0.4) is 0 Å². The van der Waals surface area contributed by atoms with Gasteiger partial charge in [-0.1, -0.05) is 24.3 Å². The monoisotopic (exact) mass is 354 g/mol. The summed E-state index contributed by atoms with van der Waals surface area (Å²) in [4.78, 5) is 14.7. The summed E-state index contributed by atoms with van der Waals surface area (Å²) < 4.78 is 11.6. The van der Waals surface area contributed by atoms with Crippen molar-refractivity contribution in [2.24, 2.45) is 5.73 Å². The minimum absolute atomic E-state index is 0.0453. The van der Waals surface area contributed by atoms with E-state index in [0.29, 0.717) is 24.5 Å². The van der Waals surface area contributed by atoms with Crippen LogP contribution in [0.2, 0.25) is 0 Å². The molecule has 0 unspecified atom stereocenters. The Morgan fingerprint density at radius 1 is 1.04 bits per heavy atom. The van der Waals surface area contributed by atoms with Gasteiger partial charge >= 0.3 is 0 Å². The third-order valence-corrected chi connectivity index (χ3v) is 4.49. The molecule has 26 heavy (non-hydrogen) atoms. The molecule has 3 rings (SSSR count). The smallest absolute Gasteiger partial charge is 0.253 e. The van der Waals surface area contributed by atoms with Crippen LogP contribution in [0.5, 0.6) is 11.5 Å².